The van der Waals surface area contributed by atoms with E-state index in [1.54, 1.807) is 12.1 Å². The third-order valence-electron chi connectivity index (χ3n) is 6.95. The van der Waals surface area contributed by atoms with Crippen LogP contribution in [0.1, 0.15) is 35.4 Å². The molecule has 0 spiro atoms. The summed E-state index contributed by atoms with van der Waals surface area (Å²) in [5, 5.41) is 9.03. The van der Waals surface area contributed by atoms with E-state index in [0.29, 0.717) is 21.0 Å². The first-order valence-corrected chi connectivity index (χ1v) is 14.1. The minimum Gasteiger partial charge on any atom is -0.433 e. The highest BCUT2D eigenvalue weighted by atomic mass is 35.5. The molecule has 9 nitrogen and oxygen atoms in total. The summed E-state index contributed by atoms with van der Waals surface area (Å²) in [4.78, 5) is 40.1. The molecule has 1 aromatic heterocycles. The van der Waals surface area contributed by atoms with Crippen LogP contribution in [-0.2, 0) is 14.3 Å². The fourth-order valence-electron chi connectivity index (χ4n) is 4.75. The molecular formula is C26H29ClF2N4O5S. The van der Waals surface area contributed by atoms with Crippen molar-refractivity contribution >= 4 is 52.0 Å². The molecule has 2 heterocycles. The van der Waals surface area contributed by atoms with Gasteiger partial charge < -0.3 is 30.3 Å². The lowest BCUT2D eigenvalue weighted by atomic mass is 10.1. The molecule has 1 saturated heterocycles. The van der Waals surface area contributed by atoms with Crippen molar-refractivity contribution in [3.63, 3.8) is 0 Å². The Bertz CT molecular complexity index is 1210. The van der Waals surface area contributed by atoms with Crippen LogP contribution >= 0.6 is 22.9 Å². The third kappa shape index (κ3) is 7.24. The quantitative estimate of drug-likeness (QED) is 0.350. The van der Waals surface area contributed by atoms with Crippen molar-refractivity contribution in [2.45, 2.75) is 44.4 Å². The molecule has 13 heteroatoms. The Morgan fingerprint density at radius 2 is 1.90 bits per heavy atom. The van der Waals surface area contributed by atoms with E-state index in [9.17, 15) is 23.2 Å². The molecule has 2 aromatic rings. The fraction of sp³-hybridized carbons (Fsp3) is 0.500. The highest BCUT2D eigenvalue weighted by molar-refractivity contribution is 7.18. The van der Waals surface area contributed by atoms with Crippen molar-refractivity contribution in [3.05, 3.63) is 39.5 Å². The summed E-state index contributed by atoms with van der Waals surface area (Å²) in [6.07, 6.45) is 4.38. The zero-order valence-electron chi connectivity index (χ0n) is 21.0. The van der Waals surface area contributed by atoms with Gasteiger partial charge in [0.2, 0.25) is 5.91 Å². The van der Waals surface area contributed by atoms with E-state index in [0.717, 1.165) is 37.0 Å². The van der Waals surface area contributed by atoms with Crippen molar-refractivity contribution < 1.29 is 32.6 Å². The lowest BCUT2D eigenvalue weighted by Gasteiger charge is -2.29. The van der Waals surface area contributed by atoms with Gasteiger partial charge in [0, 0.05) is 30.9 Å². The van der Waals surface area contributed by atoms with Crippen LogP contribution in [0.5, 0.6) is 5.75 Å². The molecule has 210 valence electrons. The van der Waals surface area contributed by atoms with Gasteiger partial charge in [-0.05, 0) is 61.8 Å². The fourth-order valence-corrected chi connectivity index (χ4v) is 5.71. The number of thiophene rings is 1. The Hall–Kier alpha value is -2.80. The number of rotatable bonds is 12. The van der Waals surface area contributed by atoms with Crippen molar-refractivity contribution in [3.8, 4) is 5.75 Å². The summed E-state index contributed by atoms with van der Waals surface area (Å²) in [5.74, 6) is -0.390. The largest absolute Gasteiger partial charge is 0.433 e. The number of hydrogen-bond donors (Lipinski definition) is 3. The number of alkyl halides is 2. The van der Waals surface area contributed by atoms with Crippen LogP contribution in [0, 0.1) is 11.8 Å². The van der Waals surface area contributed by atoms with Gasteiger partial charge in [-0.1, -0.05) is 11.6 Å². The highest BCUT2D eigenvalue weighted by Gasteiger charge is 2.43. The average Bonchev–Trinajstić information content (AvgIpc) is 3.83. The van der Waals surface area contributed by atoms with Gasteiger partial charge in [-0.2, -0.15) is 8.78 Å². The zero-order chi connectivity index (χ0) is 27.5. The SMILES string of the molecule is O=C(NC[C@H](NC(C1CC1)C1CC1)C(=O)Nc1ccc(N2CCOCC2=O)c(OC(F)F)c1)c1ccc(Cl)s1. The molecule has 3 amide bonds. The topological polar surface area (TPSA) is 109 Å². The monoisotopic (exact) mass is 582 g/mol. The molecule has 1 aliphatic heterocycles. The molecule has 3 aliphatic rings. The maximum atomic E-state index is 13.4. The van der Waals surface area contributed by atoms with E-state index in [1.165, 1.54) is 23.1 Å². The summed E-state index contributed by atoms with van der Waals surface area (Å²) in [7, 11) is 0. The van der Waals surface area contributed by atoms with Crippen molar-refractivity contribution in [2.24, 2.45) is 11.8 Å². The number of anilines is 2. The van der Waals surface area contributed by atoms with Gasteiger partial charge in [0.15, 0.2) is 5.75 Å². The predicted molar refractivity (Wildman–Crippen MR) is 143 cm³/mol. The Kier molecular flexibility index (Phi) is 8.65. The maximum Gasteiger partial charge on any atom is 0.387 e. The number of amides is 3. The van der Waals surface area contributed by atoms with E-state index >= 15 is 0 Å². The second kappa shape index (κ2) is 12.2. The van der Waals surface area contributed by atoms with Crippen molar-refractivity contribution in [1.82, 2.24) is 10.6 Å². The van der Waals surface area contributed by atoms with Crippen LogP contribution in [0.15, 0.2) is 30.3 Å². The Morgan fingerprint density at radius 3 is 2.51 bits per heavy atom. The molecule has 5 rings (SSSR count). The van der Waals surface area contributed by atoms with E-state index in [2.05, 4.69) is 16.0 Å². The Balaban J connectivity index is 1.32. The lowest BCUT2D eigenvalue weighted by Crippen LogP contribution is -2.53. The second-order valence-corrected chi connectivity index (χ2v) is 11.6. The van der Waals surface area contributed by atoms with E-state index in [4.69, 9.17) is 21.1 Å². The molecule has 2 saturated carbocycles. The van der Waals surface area contributed by atoms with E-state index in [-0.39, 0.29) is 61.3 Å². The minimum absolute atomic E-state index is 0.0247. The number of nitrogens with one attached hydrogen (secondary N) is 3. The zero-order valence-corrected chi connectivity index (χ0v) is 22.5. The van der Waals surface area contributed by atoms with E-state index in [1.807, 2.05) is 0 Å². The molecule has 0 radical (unpaired) electrons. The lowest BCUT2D eigenvalue weighted by molar-refractivity contribution is -0.125. The predicted octanol–water partition coefficient (Wildman–Crippen LogP) is 3.88. The number of carbonyl (C=O) groups excluding carboxylic acids is 3. The summed E-state index contributed by atoms with van der Waals surface area (Å²) in [6.45, 7) is -2.81. The average molecular weight is 583 g/mol. The Labute approximate surface area is 233 Å². The van der Waals surface area contributed by atoms with Gasteiger partial charge in [-0.25, -0.2) is 0 Å². The molecule has 39 heavy (non-hydrogen) atoms. The van der Waals surface area contributed by atoms with Crippen LogP contribution in [0.3, 0.4) is 0 Å². The first-order chi connectivity index (χ1) is 18.8. The van der Waals surface area contributed by atoms with Gasteiger partial charge in [0.1, 0.15) is 12.6 Å². The number of halogens is 3. The number of hydrogen-bond acceptors (Lipinski definition) is 7. The van der Waals surface area contributed by atoms with Crippen molar-refractivity contribution in [2.75, 3.05) is 36.5 Å². The smallest absolute Gasteiger partial charge is 0.387 e. The molecule has 2 aliphatic carbocycles. The summed E-state index contributed by atoms with van der Waals surface area (Å²) >= 11 is 7.09. The molecule has 3 N–H and O–H groups in total. The number of ether oxygens (including phenoxy) is 2. The van der Waals surface area contributed by atoms with Gasteiger partial charge in [-0.15, -0.1) is 11.3 Å². The van der Waals surface area contributed by atoms with Gasteiger partial charge in [0.05, 0.1) is 21.5 Å². The first-order valence-electron chi connectivity index (χ1n) is 12.9. The molecule has 1 aromatic carbocycles. The van der Waals surface area contributed by atoms with E-state index < -0.39 is 18.6 Å². The highest BCUT2D eigenvalue weighted by Crippen LogP contribution is 2.44. The summed E-state index contributed by atoms with van der Waals surface area (Å²) in [6, 6.07) is 6.90. The van der Waals surface area contributed by atoms with Crippen LogP contribution in [-0.4, -0.2) is 62.7 Å². The maximum absolute atomic E-state index is 13.4. The number of benzene rings is 1. The van der Waals surface area contributed by atoms with Crippen molar-refractivity contribution in [1.29, 1.82) is 0 Å². The summed E-state index contributed by atoms with van der Waals surface area (Å²) < 4.78 is 36.7. The number of morpholine rings is 1. The summed E-state index contributed by atoms with van der Waals surface area (Å²) in [5.41, 5.74) is 0.387. The van der Waals surface area contributed by atoms with Crippen LogP contribution in [0.2, 0.25) is 4.34 Å². The number of carbonyl (C=O) groups is 3. The molecule has 3 fully saturated rings. The number of nitrogens with zero attached hydrogens (tertiary/aromatic N) is 1. The van der Waals surface area contributed by atoms with Gasteiger partial charge in [-0.3, -0.25) is 14.4 Å². The van der Waals surface area contributed by atoms with Gasteiger partial charge >= 0.3 is 6.61 Å². The van der Waals surface area contributed by atoms with Gasteiger partial charge in [0.25, 0.3) is 11.8 Å². The normalized spacial score (nSPS) is 18.4. The third-order valence-corrected chi connectivity index (χ3v) is 8.18. The molecule has 1 atom stereocenters. The minimum atomic E-state index is -3.13. The molecular weight excluding hydrogens is 554 g/mol. The van der Waals surface area contributed by atoms with Crippen LogP contribution < -0.4 is 25.6 Å². The first kappa shape index (κ1) is 27.8. The standard InChI is InChI=1S/C26H29ClF2N4O5S/c27-21-8-7-20(39-21)25(36)30-12-17(32-23(14-1-2-14)15-3-4-15)24(35)31-16-5-6-18(19(11-16)38-26(28)29)33-9-10-37-13-22(33)34/h5-8,11,14-15,17,23,26,32H,1-4,9-10,12-13H2,(H,30,36)(H,31,35)/t17-/m0/s1. The Morgan fingerprint density at radius 1 is 1.15 bits per heavy atom. The second-order valence-electron chi connectivity index (χ2n) is 9.88. The van der Waals surface area contributed by atoms with Crippen LogP contribution in [0.4, 0.5) is 20.2 Å². The van der Waals surface area contributed by atoms with Crippen LogP contribution in [0.25, 0.3) is 0 Å². The molecule has 0 unspecified atom stereocenters. The molecule has 0 bridgehead atoms.